The van der Waals surface area contributed by atoms with E-state index in [1.807, 2.05) is 12.1 Å². The summed E-state index contributed by atoms with van der Waals surface area (Å²) in [5.74, 6) is 2.70. The first-order valence-electron chi connectivity index (χ1n) is 7.15. The highest BCUT2D eigenvalue weighted by Crippen LogP contribution is 2.45. The molecule has 1 heterocycles. The highest BCUT2D eigenvalue weighted by atomic mass is 16.5. The molecule has 21 heavy (non-hydrogen) atoms. The molecule has 0 aliphatic heterocycles. The van der Waals surface area contributed by atoms with Crippen molar-refractivity contribution in [2.24, 2.45) is 0 Å². The van der Waals surface area contributed by atoms with E-state index in [-0.39, 0.29) is 6.04 Å². The van der Waals surface area contributed by atoms with Gasteiger partial charge in [0, 0.05) is 6.07 Å². The van der Waals surface area contributed by atoms with Gasteiger partial charge in [0.05, 0.1) is 32.8 Å². The van der Waals surface area contributed by atoms with Gasteiger partial charge in [-0.25, -0.2) is 0 Å². The van der Waals surface area contributed by atoms with E-state index in [1.54, 1.807) is 21.3 Å². The van der Waals surface area contributed by atoms with E-state index in [9.17, 15) is 0 Å². The Bertz CT molecular complexity index is 606. The average Bonchev–Trinajstić information content (AvgIpc) is 2.93. The van der Waals surface area contributed by atoms with Crippen molar-refractivity contribution in [1.29, 1.82) is 0 Å². The average molecular weight is 293 g/mol. The van der Waals surface area contributed by atoms with Gasteiger partial charge in [0.25, 0.3) is 0 Å². The van der Waals surface area contributed by atoms with Gasteiger partial charge in [-0.05, 0) is 19.0 Å². The minimum absolute atomic E-state index is 0.184. The van der Waals surface area contributed by atoms with E-state index < -0.39 is 0 Å². The minimum atomic E-state index is 0.184. The molecular weight excluding hydrogens is 270 g/mol. The fraction of sp³-hybridized carbons (Fsp3) is 0.500. The van der Waals surface area contributed by atoms with Crippen molar-refractivity contribution >= 4 is 11.0 Å². The minimum Gasteiger partial charge on any atom is -0.493 e. The lowest BCUT2D eigenvalue weighted by Crippen LogP contribution is -2.19. The van der Waals surface area contributed by atoms with Crippen molar-refractivity contribution in [3.05, 3.63) is 17.9 Å². The summed E-state index contributed by atoms with van der Waals surface area (Å²) in [5.41, 5.74) is 0.732. The molecule has 5 nitrogen and oxygen atoms in total. The van der Waals surface area contributed by atoms with Crippen LogP contribution < -0.4 is 19.5 Å². The van der Waals surface area contributed by atoms with E-state index in [1.165, 1.54) is 0 Å². The quantitative estimate of drug-likeness (QED) is 0.846. The Kier molecular flexibility index (Phi) is 4.96. The van der Waals surface area contributed by atoms with Gasteiger partial charge in [-0.2, -0.15) is 0 Å². The first-order valence-corrected chi connectivity index (χ1v) is 7.15. The molecule has 0 amide bonds. The van der Waals surface area contributed by atoms with Crippen molar-refractivity contribution in [1.82, 2.24) is 5.32 Å². The Morgan fingerprint density at radius 2 is 1.76 bits per heavy atom. The summed E-state index contributed by atoms with van der Waals surface area (Å²) in [7, 11) is 4.81. The van der Waals surface area contributed by atoms with Crippen molar-refractivity contribution in [3.63, 3.8) is 0 Å². The van der Waals surface area contributed by atoms with Crippen LogP contribution in [0.2, 0.25) is 0 Å². The Morgan fingerprint density at radius 3 is 2.29 bits per heavy atom. The predicted octanol–water partition coefficient (Wildman–Crippen LogP) is 3.52. The number of fused-ring (bicyclic) bond motifs is 1. The van der Waals surface area contributed by atoms with E-state index in [4.69, 9.17) is 18.6 Å². The SMILES string of the molecule is CCNC(CC)c1cc2c(OC)c(OC)c(OC)cc2o1. The van der Waals surface area contributed by atoms with Crippen LogP contribution in [0.4, 0.5) is 0 Å². The molecule has 1 aromatic heterocycles. The smallest absolute Gasteiger partial charge is 0.204 e. The summed E-state index contributed by atoms with van der Waals surface area (Å²) in [4.78, 5) is 0. The summed E-state index contributed by atoms with van der Waals surface area (Å²) >= 11 is 0. The number of ether oxygens (including phenoxy) is 3. The summed E-state index contributed by atoms with van der Waals surface area (Å²) in [5, 5.41) is 4.30. The maximum atomic E-state index is 5.98. The van der Waals surface area contributed by atoms with Gasteiger partial charge in [0.1, 0.15) is 11.3 Å². The first-order chi connectivity index (χ1) is 10.2. The predicted molar refractivity (Wildman–Crippen MR) is 82.6 cm³/mol. The second-order valence-corrected chi connectivity index (χ2v) is 4.72. The van der Waals surface area contributed by atoms with Gasteiger partial charge in [0.2, 0.25) is 5.75 Å². The molecule has 2 aromatic rings. The zero-order chi connectivity index (χ0) is 15.4. The van der Waals surface area contributed by atoms with Crippen molar-refractivity contribution in [2.45, 2.75) is 26.3 Å². The highest BCUT2D eigenvalue weighted by molar-refractivity contribution is 5.90. The summed E-state index contributed by atoms with van der Waals surface area (Å²) in [6.07, 6.45) is 0.949. The summed E-state index contributed by atoms with van der Waals surface area (Å²) < 4.78 is 22.2. The van der Waals surface area contributed by atoms with E-state index >= 15 is 0 Å². The molecular formula is C16H23NO4. The van der Waals surface area contributed by atoms with Gasteiger partial charge in [-0.3, -0.25) is 0 Å². The molecule has 0 fully saturated rings. The van der Waals surface area contributed by atoms with Crippen LogP contribution in [0.3, 0.4) is 0 Å². The fourth-order valence-electron chi connectivity index (χ4n) is 2.54. The molecule has 0 bridgehead atoms. The highest BCUT2D eigenvalue weighted by Gasteiger charge is 2.21. The van der Waals surface area contributed by atoms with E-state index in [0.717, 1.165) is 29.7 Å². The number of hydrogen-bond donors (Lipinski definition) is 1. The van der Waals surface area contributed by atoms with Crippen molar-refractivity contribution in [3.8, 4) is 17.2 Å². The second kappa shape index (κ2) is 6.72. The van der Waals surface area contributed by atoms with Crippen molar-refractivity contribution < 1.29 is 18.6 Å². The largest absolute Gasteiger partial charge is 0.493 e. The van der Waals surface area contributed by atoms with Gasteiger partial charge in [-0.1, -0.05) is 13.8 Å². The monoisotopic (exact) mass is 293 g/mol. The van der Waals surface area contributed by atoms with Crippen LogP contribution in [0.5, 0.6) is 17.2 Å². The lowest BCUT2D eigenvalue weighted by Gasteiger charge is -2.12. The number of hydrogen-bond acceptors (Lipinski definition) is 5. The fourth-order valence-corrected chi connectivity index (χ4v) is 2.54. The van der Waals surface area contributed by atoms with Crippen LogP contribution in [0, 0.1) is 0 Å². The first kappa shape index (κ1) is 15.5. The number of nitrogens with one attached hydrogen (secondary N) is 1. The number of rotatable bonds is 7. The Hall–Kier alpha value is -1.88. The number of methoxy groups -OCH3 is 3. The molecule has 1 aromatic carbocycles. The van der Waals surface area contributed by atoms with Gasteiger partial charge in [0.15, 0.2) is 11.5 Å². The van der Waals surface area contributed by atoms with Crippen LogP contribution >= 0.6 is 0 Å². The standard InChI is InChI=1S/C16H23NO4/c1-6-11(17-7-2)13-8-10-12(21-13)9-14(18-3)16(20-5)15(10)19-4/h8-9,11,17H,6-7H2,1-5H3. The zero-order valence-electron chi connectivity index (χ0n) is 13.3. The summed E-state index contributed by atoms with van der Waals surface area (Å²) in [6, 6.07) is 4.02. The van der Waals surface area contributed by atoms with Gasteiger partial charge >= 0.3 is 0 Å². The van der Waals surface area contributed by atoms with E-state index in [0.29, 0.717) is 17.2 Å². The topological polar surface area (TPSA) is 52.9 Å². The molecule has 116 valence electrons. The van der Waals surface area contributed by atoms with Gasteiger partial charge < -0.3 is 23.9 Å². The maximum absolute atomic E-state index is 5.98. The lowest BCUT2D eigenvalue weighted by atomic mass is 10.1. The molecule has 0 aliphatic rings. The Morgan fingerprint density at radius 1 is 1.05 bits per heavy atom. The zero-order valence-corrected chi connectivity index (χ0v) is 13.3. The summed E-state index contributed by atoms with van der Waals surface area (Å²) in [6.45, 7) is 5.09. The Labute approximate surface area is 125 Å². The van der Waals surface area contributed by atoms with Crippen molar-refractivity contribution in [2.75, 3.05) is 27.9 Å². The van der Waals surface area contributed by atoms with E-state index in [2.05, 4.69) is 19.2 Å². The van der Waals surface area contributed by atoms with Crippen LogP contribution in [-0.2, 0) is 0 Å². The molecule has 1 N–H and O–H groups in total. The van der Waals surface area contributed by atoms with Gasteiger partial charge in [-0.15, -0.1) is 0 Å². The molecule has 0 saturated heterocycles. The molecule has 0 saturated carbocycles. The number of benzene rings is 1. The Balaban J connectivity index is 2.60. The molecule has 5 heteroatoms. The van der Waals surface area contributed by atoms with Crippen LogP contribution in [0.15, 0.2) is 16.5 Å². The molecule has 0 spiro atoms. The van der Waals surface area contributed by atoms with Crippen LogP contribution in [0.25, 0.3) is 11.0 Å². The third-order valence-corrected chi connectivity index (χ3v) is 3.55. The second-order valence-electron chi connectivity index (χ2n) is 4.72. The molecule has 1 atom stereocenters. The lowest BCUT2D eigenvalue weighted by molar-refractivity contribution is 0.326. The molecule has 2 rings (SSSR count). The third kappa shape index (κ3) is 2.78. The number of furan rings is 1. The normalized spacial score (nSPS) is 12.4. The van der Waals surface area contributed by atoms with Crippen LogP contribution in [-0.4, -0.2) is 27.9 Å². The third-order valence-electron chi connectivity index (χ3n) is 3.55. The maximum Gasteiger partial charge on any atom is 0.204 e. The molecule has 0 aliphatic carbocycles. The van der Waals surface area contributed by atoms with Crippen LogP contribution in [0.1, 0.15) is 32.1 Å². The molecule has 0 radical (unpaired) electrons. The molecule has 1 unspecified atom stereocenters.